The molecule has 0 aliphatic heterocycles. The molecule has 0 aromatic rings. The van der Waals surface area contributed by atoms with Crippen LogP contribution in [-0.2, 0) is 4.74 Å². The van der Waals surface area contributed by atoms with Gasteiger partial charge in [-0.3, -0.25) is 0 Å². The molecule has 0 fully saturated rings. The Labute approximate surface area is 72.0 Å². The molecule has 0 bridgehead atoms. The monoisotopic (exact) mass is 234 g/mol. The molecule has 1 nitrogen and oxygen atoms in total. The van der Waals surface area contributed by atoms with Gasteiger partial charge in [0.05, 0.1) is 5.60 Å². The second-order valence-corrected chi connectivity index (χ2v) is 3.36. The molecule has 0 unspecified atom stereocenters. The van der Waals surface area contributed by atoms with Gasteiger partial charge in [-0.05, 0) is 13.8 Å². The van der Waals surface area contributed by atoms with E-state index in [2.05, 4.69) is 20.7 Å². The standard InChI is InChI=1S/C6H10BrF3O/c1-5(2,3-7)11-4-6(8,9)10/h3-4H2,1-2H3. The Balaban J connectivity index is 3.70. The average Bonchev–Trinajstić information content (AvgIpc) is 1.83. The van der Waals surface area contributed by atoms with Crippen LogP contribution in [0.3, 0.4) is 0 Å². The fourth-order valence-electron chi connectivity index (χ4n) is 0.316. The molecule has 68 valence electrons. The molecule has 0 aliphatic carbocycles. The Hall–Kier alpha value is 0.230. The predicted octanol–water partition coefficient (Wildman–Crippen LogP) is 2.74. The number of rotatable bonds is 3. The van der Waals surface area contributed by atoms with Crippen LogP contribution in [0.15, 0.2) is 0 Å². The minimum absolute atomic E-state index is 0.385. The molecular weight excluding hydrogens is 225 g/mol. The largest absolute Gasteiger partial charge is 0.411 e. The molecular formula is C6H10BrF3O. The lowest BCUT2D eigenvalue weighted by Gasteiger charge is -2.23. The zero-order valence-electron chi connectivity index (χ0n) is 6.33. The molecule has 5 heteroatoms. The maximum absolute atomic E-state index is 11.6. The van der Waals surface area contributed by atoms with Crippen molar-refractivity contribution in [3.8, 4) is 0 Å². The Kier molecular flexibility index (Phi) is 3.84. The summed E-state index contributed by atoms with van der Waals surface area (Å²) < 4.78 is 39.3. The summed E-state index contributed by atoms with van der Waals surface area (Å²) in [7, 11) is 0. The van der Waals surface area contributed by atoms with Crippen molar-refractivity contribution in [1.82, 2.24) is 0 Å². The molecule has 0 atom stereocenters. The molecule has 0 rings (SSSR count). The summed E-state index contributed by atoms with van der Waals surface area (Å²) in [6.07, 6.45) is -4.24. The van der Waals surface area contributed by atoms with Gasteiger partial charge in [0.2, 0.25) is 0 Å². The van der Waals surface area contributed by atoms with Gasteiger partial charge in [0, 0.05) is 5.33 Å². The maximum atomic E-state index is 11.6. The molecule has 0 aromatic carbocycles. The Morgan fingerprint density at radius 3 is 2.00 bits per heavy atom. The molecule has 0 heterocycles. The van der Waals surface area contributed by atoms with Gasteiger partial charge in [-0.1, -0.05) is 15.9 Å². The van der Waals surface area contributed by atoms with Crippen LogP contribution in [-0.4, -0.2) is 23.7 Å². The van der Waals surface area contributed by atoms with Crippen molar-refractivity contribution >= 4 is 15.9 Å². The minimum atomic E-state index is -4.24. The zero-order chi connectivity index (χ0) is 9.12. The molecule has 0 aromatic heterocycles. The van der Waals surface area contributed by atoms with E-state index < -0.39 is 18.4 Å². The van der Waals surface area contributed by atoms with E-state index in [-0.39, 0.29) is 0 Å². The van der Waals surface area contributed by atoms with Crippen LogP contribution in [0.1, 0.15) is 13.8 Å². The molecule has 0 aliphatic rings. The highest BCUT2D eigenvalue weighted by Gasteiger charge is 2.31. The lowest BCUT2D eigenvalue weighted by atomic mass is 10.2. The fourth-order valence-corrected chi connectivity index (χ4v) is 0.478. The number of hydrogen-bond acceptors (Lipinski definition) is 1. The number of halogens is 4. The van der Waals surface area contributed by atoms with E-state index in [0.29, 0.717) is 5.33 Å². The fraction of sp³-hybridized carbons (Fsp3) is 1.00. The van der Waals surface area contributed by atoms with E-state index in [9.17, 15) is 13.2 Å². The smallest absolute Gasteiger partial charge is 0.365 e. The van der Waals surface area contributed by atoms with Crippen LogP contribution in [0.5, 0.6) is 0 Å². The maximum Gasteiger partial charge on any atom is 0.411 e. The summed E-state index contributed by atoms with van der Waals surface area (Å²) in [4.78, 5) is 0. The van der Waals surface area contributed by atoms with Crippen molar-refractivity contribution in [1.29, 1.82) is 0 Å². The van der Waals surface area contributed by atoms with E-state index >= 15 is 0 Å². The highest BCUT2D eigenvalue weighted by atomic mass is 79.9. The first-order chi connectivity index (χ1) is 4.77. The SMILES string of the molecule is CC(C)(CBr)OCC(F)(F)F. The lowest BCUT2D eigenvalue weighted by Crippen LogP contribution is -2.31. The second-order valence-electron chi connectivity index (χ2n) is 2.80. The second kappa shape index (κ2) is 3.76. The molecule has 0 saturated carbocycles. The van der Waals surface area contributed by atoms with Crippen molar-refractivity contribution in [3.63, 3.8) is 0 Å². The van der Waals surface area contributed by atoms with Crippen LogP contribution in [0, 0.1) is 0 Å². The van der Waals surface area contributed by atoms with Crippen molar-refractivity contribution in [2.24, 2.45) is 0 Å². The summed E-state index contributed by atoms with van der Waals surface area (Å²) in [6, 6.07) is 0. The first-order valence-corrected chi connectivity index (χ1v) is 4.16. The Morgan fingerprint density at radius 2 is 1.73 bits per heavy atom. The van der Waals surface area contributed by atoms with Gasteiger partial charge in [0.15, 0.2) is 0 Å². The molecule has 0 saturated heterocycles. The van der Waals surface area contributed by atoms with Crippen LogP contribution in [0.2, 0.25) is 0 Å². The number of hydrogen-bond donors (Lipinski definition) is 0. The summed E-state index contributed by atoms with van der Waals surface area (Å²) in [5.41, 5.74) is -0.754. The van der Waals surface area contributed by atoms with Crippen LogP contribution in [0.25, 0.3) is 0 Å². The first-order valence-electron chi connectivity index (χ1n) is 3.03. The summed E-state index contributed by atoms with van der Waals surface area (Å²) >= 11 is 3.05. The van der Waals surface area contributed by atoms with Crippen molar-refractivity contribution < 1.29 is 17.9 Å². The summed E-state index contributed by atoms with van der Waals surface area (Å²) in [5.74, 6) is 0. The van der Waals surface area contributed by atoms with Gasteiger partial charge in [0.25, 0.3) is 0 Å². The zero-order valence-corrected chi connectivity index (χ0v) is 7.92. The van der Waals surface area contributed by atoms with Crippen LogP contribution >= 0.6 is 15.9 Å². The van der Waals surface area contributed by atoms with Gasteiger partial charge in [-0.25, -0.2) is 0 Å². The van der Waals surface area contributed by atoms with Gasteiger partial charge < -0.3 is 4.74 Å². The molecule has 0 N–H and O–H groups in total. The third-order valence-electron chi connectivity index (χ3n) is 0.948. The minimum Gasteiger partial charge on any atom is -0.365 e. The van der Waals surface area contributed by atoms with Crippen molar-refractivity contribution in [3.05, 3.63) is 0 Å². The van der Waals surface area contributed by atoms with Crippen molar-refractivity contribution in [2.75, 3.05) is 11.9 Å². The molecule has 0 amide bonds. The summed E-state index contributed by atoms with van der Waals surface area (Å²) in [6.45, 7) is 1.99. The number of alkyl halides is 4. The first kappa shape index (κ1) is 11.2. The van der Waals surface area contributed by atoms with Crippen LogP contribution < -0.4 is 0 Å². The van der Waals surface area contributed by atoms with Gasteiger partial charge in [0.1, 0.15) is 6.61 Å². The Bertz CT molecular complexity index is 121. The molecule has 11 heavy (non-hydrogen) atoms. The van der Waals surface area contributed by atoms with Crippen LogP contribution in [0.4, 0.5) is 13.2 Å². The normalized spacial score (nSPS) is 13.6. The highest BCUT2D eigenvalue weighted by molar-refractivity contribution is 9.09. The predicted molar refractivity (Wildman–Crippen MR) is 39.9 cm³/mol. The number of ether oxygens (including phenoxy) is 1. The Morgan fingerprint density at radius 1 is 1.27 bits per heavy atom. The van der Waals surface area contributed by atoms with Gasteiger partial charge in [-0.15, -0.1) is 0 Å². The quantitative estimate of drug-likeness (QED) is 0.683. The topological polar surface area (TPSA) is 9.23 Å². The lowest BCUT2D eigenvalue weighted by molar-refractivity contribution is -0.195. The van der Waals surface area contributed by atoms with E-state index in [1.54, 1.807) is 13.8 Å². The molecule has 0 radical (unpaired) electrons. The van der Waals surface area contributed by atoms with E-state index in [4.69, 9.17) is 0 Å². The van der Waals surface area contributed by atoms with Gasteiger partial charge in [-0.2, -0.15) is 13.2 Å². The van der Waals surface area contributed by atoms with Crippen molar-refractivity contribution in [2.45, 2.75) is 25.6 Å². The third-order valence-corrected chi connectivity index (χ3v) is 2.30. The highest BCUT2D eigenvalue weighted by Crippen LogP contribution is 2.20. The summed E-state index contributed by atoms with van der Waals surface area (Å²) in [5, 5.41) is 0.385. The molecule has 0 spiro atoms. The van der Waals surface area contributed by atoms with Gasteiger partial charge >= 0.3 is 6.18 Å². The van der Waals surface area contributed by atoms with E-state index in [1.807, 2.05) is 0 Å². The van der Waals surface area contributed by atoms with E-state index in [0.717, 1.165) is 0 Å². The third kappa shape index (κ3) is 6.62. The van der Waals surface area contributed by atoms with E-state index in [1.165, 1.54) is 0 Å². The average molecular weight is 235 g/mol.